The fraction of sp³-hybridized carbons (Fsp3) is 0. The molecule has 3 heteroatoms. The van der Waals surface area contributed by atoms with Crippen LogP contribution in [0.2, 0.25) is 0 Å². The molecule has 10 aromatic carbocycles. The van der Waals surface area contributed by atoms with Gasteiger partial charge in [-0.15, -0.1) is 0 Å². The average Bonchev–Trinajstić information content (AvgIpc) is 3.70. The highest BCUT2D eigenvalue weighted by Gasteiger charge is 2.17. The first kappa shape index (κ1) is 34.1. The number of hydrogen-bond donors (Lipinski definition) is 0. The van der Waals surface area contributed by atoms with Gasteiger partial charge in [0.05, 0.1) is 0 Å². The van der Waals surface area contributed by atoms with Crippen LogP contribution < -0.4 is 4.90 Å². The number of furan rings is 1. The van der Waals surface area contributed by atoms with Gasteiger partial charge in [-0.2, -0.15) is 0 Å². The summed E-state index contributed by atoms with van der Waals surface area (Å²) < 4.78 is 6.37. The van der Waals surface area contributed by atoms with Crippen molar-refractivity contribution in [3.05, 3.63) is 219 Å². The van der Waals surface area contributed by atoms with E-state index in [-0.39, 0.29) is 0 Å². The minimum Gasteiger partial charge on any atom is -0.454 e. The third kappa shape index (κ3) is 5.71. The molecule has 0 amide bonds. The van der Waals surface area contributed by atoms with Crippen LogP contribution in [-0.2, 0) is 0 Å². The van der Waals surface area contributed by atoms with E-state index < -0.39 is 0 Å². The SMILES string of the molecule is c1ccc2cc3c(-c4ccc(N(c5ccc(-c6cccc7cc8ccccc8cc67)cc5)c5ccc(-c6ccnc7c6oc6ccccc67)cc5)cc4)cccc3cc2c1. The van der Waals surface area contributed by atoms with Crippen LogP contribution in [0.4, 0.5) is 17.1 Å². The van der Waals surface area contributed by atoms with Crippen molar-refractivity contribution in [2.45, 2.75) is 0 Å². The summed E-state index contributed by atoms with van der Waals surface area (Å²) in [5.74, 6) is 0. The predicted octanol–water partition coefficient (Wildman–Crippen LogP) is 16.1. The summed E-state index contributed by atoms with van der Waals surface area (Å²) in [7, 11) is 0. The van der Waals surface area contributed by atoms with Crippen molar-refractivity contribution in [2.24, 2.45) is 0 Å². The molecule has 0 atom stereocenters. The highest BCUT2D eigenvalue weighted by atomic mass is 16.3. The number of benzene rings is 10. The fourth-order valence-electron chi connectivity index (χ4n) is 9.09. The van der Waals surface area contributed by atoms with E-state index in [0.717, 1.165) is 50.3 Å². The monoisotopic (exact) mass is 764 g/mol. The summed E-state index contributed by atoms with van der Waals surface area (Å²) in [4.78, 5) is 7.04. The second-order valence-corrected chi connectivity index (χ2v) is 15.6. The molecule has 0 saturated heterocycles. The minimum atomic E-state index is 0.803. The molecule has 2 aromatic heterocycles. The lowest BCUT2D eigenvalue weighted by molar-refractivity contribution is 0.669. The summed E-state index contributed by atoms with van der Waals surface area (Å²) in [6, 6.07) is 76.6. The van der Waals surface area contributed by atoms with Crippen LogP contribution >= 0.6 is 0 Å². The summed E-state index contributed by atoms with van der Waals surface area (Å²) in [6.07, 6.45) is 1.87. The Morgan fingerprint density at radius 2 is 0.767 bits per heavy atom. The first-order valence-corrected chi connectivity index (χ1v) is 20.4. The number of rotatable bonds is 6. The molecule has 0 unspecified atom stereocenters. The second kappa shape index (κ2) is 13.8. The average molecular weight is 765 g/mol. The van der Waals surface area contributed by atoms with E-state index in [1.807, 2.05) is 30.5 Å². The van der Waals surface area contributed by atoms with Crippen LogP contribution in [-0.4, -0.2) is 4.98 Å². The van der Waals surface area contributed by atoms with Gasteiger partial charge >= 0.3 is 0 Å². The van der Waals surface area contributed by atoms with Gasteiger partial charge < -0.3 is 9.32 Å². The number of anilines is 3. The quantitative estimate of drug-likeness (QED) is 0.158. The van der Waals surface area contributed by atoms with E-state index in [4.69, 9.17) is 9.40 Å². The lowest BCUT2D eigenvalue weighted by Gasteiger charge is -2.26. The van der Waals surface area contributed by atoms with E-state index in [0.29, 0.717) is 0 Å². The van der Waals surface area contributed by atoms with Crippen molar-refractivity contribution in [3.8, 4) is 33.4 Å². The molecule has 2 heterocycles. The summed E-state index contributed by atoms with van der Waals surface area (Å²) in [5, 5.41) is 11.0. The molecule has 280 valence electrons. The van der Waals surface area contributed by atoms with Crippen molar-refractivity contribution in [1.82, 2.24) is 4.98 Å². The smallest absolute Gasteiger partial charge is 0.161 e. The number of hydrogen-bond acceptors (Lipinski definition) is 3. The fourth-order valence-corrected chi connectivity index (χ4v) is 9.09. The Balaban J connectivity index is 0.957. The third-order valence-corrected chi connectivity index (χ3v) is 12.1. The molecule has 12 rings (SSSR count). The van der Waals surface area contributed by atoms with Crippen LogP contribution in [0.15, 0.2) is 223 Å². The van der Waals surface area contributed by atoms with Crippen molar-refractivity contribution in [1.29, 1.82) is 0 Å². The summed E-state index contributed by atoms with van der Waals surface area (Å²) in [6.45, 7) is 0. The molecular formula is C57H36N2O. The molecule has 12 aromatic rings. The van der Waals surface area contributed by atoms with Crippen LogP contribution in [0.5, 0.6) is 0 Å². The van der Waals surface area contributed by atoms with E-state index in [9.17, 15) is 0 Å². The van der Waals surface area contributed by atoms with Gasteiger partial charge in [-0.25, -0.2) is 0 Å². The number of fused-ring (bicyclic) bond motifs is 7. The maximum absolute atomic E-state index is 6.37. The first-order chi connectivity index (χ1) is 29.7. The number of nitrogens with zero attached hydrogens (tertiary/aromatic N) is 2. The standard InChI is InChI=1S/C57H36N2O/c1-3-11-42-35-53-44(33-40(42)9-1)13-7-16-49(53)37-19-25-46(26-20-37)59(48-29-23-39(24-30-48)51-31-32-58-56-52-15-5-6-18-55(52)60-57(51)56)47-27-21-38(22-28-47)50-17-8-14-45-34-41-10-2-4-12-43(41)36-54(45)50/h1-36H. The van der Waals surface area contributed by atoms with Crippen molar-refractivity contribution in [2.75, 3.05) is 4.90 Å². The zero-order valence-electron chi connectivity index (χ0n) is 32.6. The van der Waals surface area contributed by atoms with Crippen molar-refractivity contribution >= 4 is 82.2 Å². The molecule has 0 N–H and O–H groups in total. The molecule has 0 aliphatic carbocycles. The molecule has 0 aliphatic rings. The largest absolute Gasteiger partial charge is 0.454 e. The van der Waals surface area contributed by atoms with Gasteiger partial charge in [0.15, 0.2) is 5.58 Å². The first-order valence-electron chi connectivity index (χ1n) is 20.4. The summed E-state index contributed by atoms with van der Waals surface area (Å²) >= 11 is 0. The molecule has 0 radical (unpaired) electrons. The van der Waals surface area contributed by atoms with Gasteiger partial charge in [-0.05, 0) is 150 Å². The van der Waals surface area contributed by atoms with Crippen molar-refractivity contribution in [3.63, 3.8) is 0 Å². The third-order valence-electron chi connectivity index (χ3n) is 12.1. The Morgan fingerprint density at radius 3 is 1.28 bits per heavy atom. The Morgan fingerprint density at radius 1 is 0.333 bits per heavy atom. The van der Waals surface area contributed by atoms with Gasteiger partial charge in [0.25, 0.3) is 0 Å². The summed E-state index contributed by atoms with van der Waals surface area (Å²) in [5.41, 5.74) is 12.6. The van der Waals surface area contributed by atoms with Crippen LogP contribution in [0, 0.1) is 0 Å². The highest BCUT2D eigenvalue weighted by molar-refractivity contribution is 6.08. The normalized spacial score (nSPS) is 11.7. The Kier molecular flexibility index (Phi) is 7.85. The molecule has 0 saturated carbocycles. The maximum Gasteiger partial charge on any atom is 0.161 e. The Hall–Kier alpha value is -8.01. The van der Waals surface area contributed by atoms with Gasteiger partial charge in [-0.1, -0.05) is 133 Å². The molecule has 0 aliphatic heterocycles. The molecule has 3 nitrogen and oxygen atoms in total. The molecular weight excluding hydrogens is 729 g/mol. The van der Waals surface area contributed by atoms with Crippen molar-refractivity contribution < 1.29 is 4.42 Å². The van der Waals surface area contributed by atoms with Gasteiger partial charge in [0.2, 0.25) is 0 Å². The van der Waals surface area contributed by atoms with E-state index in [1.165, 1.54) is 65.3 Å². The lowest BCUT2D eigenvalue weighted by Crippen LogP contribution is -2.09. The molecule has 0 bridgehead atoms. The Bertz CT molecular complexity index is 3420. The molecule has 60 heavy (non-hydrogen) atoms. The van der Waals surface area contributed by atoms with E-state index in [2.05, 4.69) is 193 Å². The second-order valence-electron chi connectivity index (χ2n) is 15.6. The predicted molar refractivity (Wildman–Crippen MR) is 253 cm³/mol. The van der Waals surface area contributed by atoms with Crippen LogP contribution in [0.1, 0.15) is 0 Å². The minimum absolute atomic E-state index is 0.803. The topological polar surface area (TPSA) is 29.3 Å². The maximum atomic E-state index is 6.37. The van der Waals surface area contributed by atoms with Crippen LogP contribution in [0.3, 0.4) is 0 Å². The zero-order chi connectivity index (χ0) is 39.6. The lowest BCUT2D eigenvalue weighted by atomic mass is 9.95. The van der Waals surface area contributed by atoms with E-state index >= 15 is 0 Å². The van der Waals surface area contributed by atoms with Gasteiger partial charge in [0.1, 0.15) is 11.1 Å². The van der Waals surface area contributed by atoms with Crippen LogP contribution in [0.25, 0.3) is 98.5 Å². The zero-order valence-corrected chi connectivity index (χ0v) is 32.6. The van der Waals surface area contributed by atoms with E-state index in [1.54, 1.807) is 0 Å². The molecule has 0 fully saturated rings. The number of pyridine rings is 1. The Labute approximate surface area is 347 Å². The molecule has 0 spiro atoms. The number of aromatic nitrogens is 1. The van der Waals surface area contributed by atoms with Gasteiger partial charge in [0, 0.05) is 34.2 Å². The van der Waals surface area contributed by atoms with Gasteiger partial charge in [-0.3, -0.25) is 4.98 Å². The highest BCUT2D eigenvalue weighted by Crippen LogP contribution is 2.41. The number of para-hydroxylation sites is 1.